The molecule has 9 heteroatoms. The molecule has 0 aromatic heterocycles. The molecule has 1 amide bonds. The Morgan fingerprint density at radius 3 is 2.15 bits per heavy atom. The van der Waals surface area contributed by atoms with Gasteiger partial charge in [-0.3, -0.25) is 9.52 Å². The first-order valence-electron chi connectivity index (χ1n) is 10.3. The Kier molecular flexibility index (Phi) is 7.80. The van der Waals surface area contributed by atoms with Crippen molar-refractivity contribution in [2.24, 2.45) is 0 Å². The number of methoxy groups -OCH3 is 3. The first-order valence-corrected chi connectivity index (χ1v) is 11.7. The van der Waals surface area contributed by atoms with Crippen molar-refractivity contribution in [2.75, 3.05) is 31.4 Å². The Labute approximate surface area is 199 Å². The summed E-state index contributed by atoms with van der Waals surface area (Å²) in [6, 6.07) is 16.5. The van der Waals surface area contributed by atoms with Crippen LogP contribution in [-0.2, 0) is 14.8 Å². The summed E-state index contributed by atoms with van der Waals surface area (Å²) >= 11 is 0. The van der Waals surface area contributed by atoms with Gasteiger partial charge in [-0.1, -0.05) is 18.2 Å². The zero-order valence-electron chi connectivity index (χ0n) is 19.3. The fourth-order valence-corrected chi connectivity index (χ4v) is 4.34. The van der Waals surface area contributed by atoms with Gasteiger partial charge >= 0.3 is 0 Å². The third-order valence-electron chi connectivity index (χ3n) is 4.97. The number of hydrogen-bond acceptors (Lipinski definition) is 6. The van der Waals surface area contributed by atoms with Crippen molar-refractivity contribution in [3.8, 4) is 17.2 Å². The van der Waals surface area contributed by atoms with Crippen molar-refractivity contribution >= 4 is 33.4 Å². The van der Waals surface area contributed by atoms with Crippen LogP contribution in [-0.4, -0.2) is 35.7 Å². The van der Waals surface area contributed by atoms with Crippen LogP contribution in [0.2, 0.25) is 0 Å². The first kappa shape index (κ1) is 24.7. The molecule has 2 N–H and O–H groups in total. The van der Waals surface area contributed by atoms with E-state index < -0.39 is 15.9 Å². The largest absolute Gasteiger partial charge is 0.493 e. The molecule has 0 saturated heterocycles. The molecule has 0 spiro atoms. The lowest BCUT2D eigenvalue weighted by Gasteiger charge is -2.14. The van der Waals surface area contributed by atoms with Gasteiger partial charge in [0.25, 0.3) is 10.0 Å². The van der Waals surface area contributed by atoms with Gasteiger partial charge in [-0.05, 0) is 61.0 Å². The van der Waals surface area contributed by atoms with Crippen LogP contribution in [0.1, 0.15) is 11.1 Å². The van der Waals surface area contributed by atoms with Crippen LogP contribution in [0.15, 0.2) is 71.6 Å². The molecule has 0 atom stereocenters. The van der Waals surface area contributed by atoms with Gasteiger partial charge in [0.2, 0.25) is 11.7 Å². The van der Waals surface area contributed by atoms with E-state index in [4.69, 9.17) is 14.2 Å². The van der Waals surface area contributed by atoms with Gasteiger partial charge in [0.1, 0.15) is 0 Å². The SMILES string of the molecule is COc1ccc(C=CC(=O)Nc2ccc(S(=O)(=O)Nc3ccccc3C)cc2)c(OC)c1OC. The molecule has 34 heavy (non-hydrogen) atoms. The molecule has 8 nitrogen and oxygen atoms in total. The van der Waals surface area contributed by atoms with Gasteiger partial charge in [0.15, 0.2) is 11.5 Å². The third kappa shape index (κ3) is 5.68. The highest BCUT2D eigenvalue weighted by molar-refractivity contribution is 7.92. The number of carbonyl (C=O) groups is 1. The van der Waals surface area contributed by atoms with Gasteiger partial charge < -0.3 is 19.5 Å². The van der Waals surface area contributed by atoms with Crippen LogP contribution < -0.4 is 24.2 Å². The van der Waals surface area contributed by atoms with Gasteiger partial charge in [0, 0.05) is 17.3 Å². The van der Waals surface area contributed by atoms with E-state index >= 15 is 0 Å². The minimum Gasteiger partial charge on any atom is -0.493 e. The van der Waals surface area contributed by atoms with Crippen molar-refractivity contribution in [3.63, 3.8) is 0 Å². The topological polar surface area (TPSA) is 103 Å². The summed E-state index contributed by atoms with van der Waals surface area (Å²) in [5.74, 6) is 0.962. The normalized spacial score (nSPS) is 11.2. The number of rotatable bonds is 9. The molecule has 0 unspecified atom stereocenters. The molecular formula is C25H26N2O6S. The lowest BCUT2D eigenvalue weighted by atomic mass is 10.1. The van der Waals surface area contributed by atoms with E-state index in [0.717, 1.165) is 5.56 Å². The van der Waals surface area contributed by atoms with Crippen LogP contribution in [0.3, 0.4) is 0 Å². The Balaban J connectivity index is 1.71. The van der Waals surface area contributed by atoms with Crippen molar-refractivity contribution in [3.05, 3.63) is 77.9 Å². The summed E-state index contributed by atoms with van der Waals surface area (Å²) in [5.41, 5.74) is 2.39. The molecule has 0 bridgehead atoms. The standard InChI is InChI=1S/C25H26N2O6S/c1-17-7-5-6-8-21(17)27-34(29,30)20-13-11-19(12-14-20)26-23(28)16-10-18-9-15-22(31-2)25(33-4)24(18)32-3/h5-16,27H,1-4H3,(H,26,28). The highest BCUT2D eigenvalue weighted by atomic mass is 32.2. The van der Waals surface area contributed by atoms with Crippen LogP contribution >= 0.6 is 0 Å². The smallest absolute Gasteiger partial charge is 0.261 e. The maximum absolute atomic E-state index is 12.7. The fourth-order valence-electron chi connectivity index (χ4n) is 3.21. The minimum absolute atomic E-state index is 0.0827. The molecule has 0 aliphatic heterocycles. The van der Waals surface area contributed by atoms with Crippen molar-refractivity contribution in [1.82, 2.24) is 0 Å². The molecule has 0 saturated carbocycles. The quantitative estimate of drug-likeness (QED) is 0.436. The second-order valence-corrected chi connectivity index (χ2v) is 8.87. The second-order valence-electron chi connectivity index (χ2n) is 7.19. The van der Waals surface area contributed by atoms with Gasteiger partial charge in [0.05, 0.1) is 31.9 Å². The fraction of sp³-hybridized carbons (Fsp3) is 0.160. The van der Waals surface area contributed by atoms with E-state index in [1.54, 1.807) is 30.3 Å². The van der Waals surface area contributed by atoms with Crippen molar-refractivity contribution < 1.29 is 27.4 Å². The molecule has 3 aromatic rings. The van der Waals surface area contributed by atoms with Crippen LogP contribution in [0.25, 0.3) is 6.08 Å². The minimum atomic E-state index is -3.76. The van der Waals surface area contributed by atoms with E-state index in [-0.39, 0.29) is 4.90 Å². The van der Waals surface area contributed by atoms with Crippen molar-refractivity contribution in [1.29, 1.82) is 0 Å². The Bertz CT molecular complexity index is 1300. The second kappa shape index (κ2) is 10.8. The predicted molar refractivity (Wildman–Crippen MR) is 132 cm³/mol. The zero-order valence-corrected chi connectivity index (χ0v) is 20.1. The van der Waals surface area contributed by atoms with Gasteiger partial charge in [-0.2, -0.15) is 0 Å². The molecule has 0 aliphatic rings. The summed E-state index contributed by atoms with van der Waals surface area (Å²) in [7, 11) is 0.762. The van der Waals surface area contributed by atoms with Gasteiger partial charge in [-0.25, -0.2) is 8.42 Å². The maximum Gasteiger partial charge on any atom is 0.261 e. The summed E-state index contributed by atoms with van der Waals surface area (Å²) in [6.45, 7) is 1.82. The molecule has 0 radical (unpaired) electrons. The summed E-state index contributed by atoms with van der Waals surface area (Å²) in [4.78, 5) is 12.5. The Morgan fingerprint density at radius 2 is 1.53 bits per heavy atom. The molecule has 3 rings (SSSR count). The number of nitrogens with one attached hydrogen (secondary N) is 2. The van der Waals surface area contributed by atoms with Crippen LogP contribution in [0.4, 0.5) is 11.4 Å². The van der Waals surface area contributed by atoms with Crippen molar-refractivity contribution in [2.45, 2.75) is 11.8 Å². The molecular weight excluding hydrogens is 456 g/mol. The van der Waals surface area contributed by atoms with E-state index in [2.05, 4.69) is 10.0 Å². The van der Waals surface area contributed by atoms with E-state index in [9.17, 15) is 13.2 Å². The van der Waals surface area contributed by atoms with Gasteiger partial charge in [-0.15, -0.1) is 0 Å². The molecule has 178 valence electrons. The number of anilines is 2. The molecule has 0 heterocycles. The number of ether oxygens (including phenoxy) is 3. The summed E-state index contributed by atoms with van der Waals surface area (Å²) in [6.07, 6.45) is 2.93. The number of aryl methyl sites for hydroxylation is 1. The number of carbonyl (C=O) groups excluding carboxylic acids is 1. The lowest BCUT2D eigenvalue weighted by Crippen LogP contribution is -2.14. The summed E-state index contributed by atoms with van der Waals surface area (Å²) < 4.78 is 43.9. The zero-order chi connectivity index (χ0) is 24.7. The lowest BCUT2D eigenvalue weighted by molar-refractivity contribution is -0.111. The number of sulfonamides is 1. The highest BCUT2D eigenvalue weighted by Crippen LogP contribution is 2.40. The monoisotopic (exact) mass is 482 g/mol. The highest BCUT2D eigenvalue weighted by Gasteiger charge is 2.16. The van der Waals surface area contributed by atoms with E-state index in [0.29, 0.717) is 34.2 Å². The summed E-state index contributed by atoms with van der Waals surface area (Å²) in [5, 5.41) is 2.70. The van der Waals surface area contributed by atoms with E-state index in [1.165, 1.54) is 51.7 Å². The average molecular weight is 483 g/mol. The number of para-hydroxylation sites is 1. The Hall–Kier alpha value is -3.98. The van der Waals surface area contributed by atoms with Crippen LogP contribution in [0, 0.1) is 6.92 Å². The number of hydrogen-bond donors (Lipinski definition) is 2. The first-order chi connectivity index (χ1) is 16.3. The number of amides is 1. The number of benzene rings is 3. The molecule has 3 aromatic carbocycles. The third-order valence-corrected chi connectivity index (χ3v) is 6.35. The predicted octanol–water partition coefficient (Wildman–Crippen LogP) is 4.47. The Morgan fingerprint density at radius 1 is 0.853 bits per heavy atom. The average Bonchev–Trinajstić information content (AvgIpc) is 2.83. The maximum atomic E-state index is 12.7. The molecule has 0 aliphatic carbocycles. The van der Waals surface area contributed by atoms with Crippen LogP contribution in [0.5, 0.6) is 17.2 Å². The molecule has 0 fully saturated rings. The van der Waals surface area contributed by atoms with E-state index in [1.807, 2.05) is 19.1 Å².